The third kappa shape index (κ3) is 4.92. The topological polar surface area (TPSA) is 76.0 Å². The predicted octanol–water partition coefficient (Wildman–Crippen LogP) is 3.73. The lowest BCUT2D eigenvalue weighted by Crippen LogP contribution is -2.30. The summed E-state index contributed by atoms with van der Waals surface area (Å²) in [5, 5.41) is 6.04. The van der Waals surface area contributed by atoms with Crippen LogP contribution in [0, 0.1) is 12.7 Å². The summed E-state index contributed by atoms with van der Waals surface area (Å²) in [4.78, 5) is 29.0. The van der Waals surface area contributed by atoms with E-state index in [0.29, 0.717) is 22.1 Å². The molecule has 1 aromatic heterocycles. The summed E-state index contributed by atoms with van der Waals surface area (Å²) < 4.78 is 14.6. The molecule has 138 valence electrons. The van der Waals surface area contributed by atoms with Crippen molar-refractivity contribution in [1.82, 2.24) is 9.55 Å². The van der Waals surface area contributed by atoms with Gasteiger partial charge in [0, 0.05) is 28.2 Å². The molecule has 2 N–H and O–H groups in total. The van der Waals surface area contributed by atoms with Crippen LogP contribution in [0.2, 0.25) is 5.02 Å². The highest BCUT2D eigenvalue weighted by Gasteiger charge is 2.12. The molecule has 0 radical (unpaired) electrons. The highest BCUT2D eigenvalue weighted by Crippen LogP contribution is 2.17. The van der Waals surface area contributed by atoms with E-state index in [4.69, 9.17) is 11.6 Å². The van der Waals surface area contributed by atoms with Gasteiger partial charge in [0.05, 0.1) is 0 Å². The van der Waals surface area contributed by atoms with E-state index in [0.717, 1.165) is 0 Å². The molecular formula is C19H16ClFN4O2. The molecule has 0 saturated heterocycles. The van der Waals surface area contributed by atoms with Crippen molar-refractivity contribution in [3.63, 3.8) is 0 Å². The van der Waals surface area contributed by atoms with Crippen LogP contribution in [0.25, 0.3) is 0 Å². The highest BCUT2D eigenvalue weighted by atomic mass is 35.5. The Labute approximate surface area is 159 Å². The molecule has 3 aromatic rings. The van der Waals surface area contributed by atoms with Crippen LogP contribution in [0.4, 0.5) is 21.7 Å². The van der Waals surface area contributed by atoms with Crippen LogP contribution in [0.1, 0.15) is 5.69 Å². The molecule has 0 unspecified atom stereocenters. The van der Waals surface area contributed by atoms with Crippen molar-refractivity contribution in [1.29, 1.82) is 0 Å². The van der Waals surface area contributed by atoms with Crippen molar-refractivity contribution < 1.29 is 9.18 Å². The van der Waals surface area contributed by atoms with E-state index in [1.54, 1.807) is 37.3 Å². The fourth-order valence-electron chi connectivity index (χ4n) is 2.47. The maximum atomic E-state index is 13.4. The first-order valence-electron chi connectivity index (χ1n) is 8.07. The van der Waals surface area contributed by atoms with Crippen molar-refractivity contribution in [2.24, 2.45) is 0 Å². The number of rotatable bonds is 5. The Kier molecular flexibility index (Phi) is 5.52. The van der Waals surface area contributed by atoms with Crippen molar-refractivity contribution >= 4 is 34.8 Å². The third-order valence-electron chi connectivity index (χ3n) is 3.63. The van der Waals surface area contributed by atoms with Gasteiger partial charge in [-0.25, -0.2) is 9.37 Å². The molecule has 0 aliphatic heterocycles. The minimum atomic E-state index is -0.430. The number of aromatic nitrogens is 2. The lowest BCUT2D eigenvalue weighted by atomic mass is 10.3. The van der Waals surface area contributed by atoms with E-state index in [-0.39, 0.29) is 12.5 Å². The van der Waals surface area contributed by atoms with Gasteiger partial charge in [-0.15, -0.1) is 0 Å². The van der Waals surface area contributed by atoms with E-state index in [1.807, 2.05) is 0 Å². The van der Waals surface area contributed by atoms with E-state index >= 15 is 0 Å². The lowest BCUT2D eigenvalue weighted by molar-refractivity contribution is -0.116. The van der Waals surface area contributed by atoms with Gasteiger partial charge in [-0.1, -0.05) is 23.7 Å². The number of hydrogen-bond acceptors (Lipinski definition) is 4. The van der Waals surface area contributed by atoms with Crippen LogP contribution >= 0.6 is 11.6 Å². The van der Waals surface area contributed by atoms with E-state index in [1.165, 1.54) is 28.8 Å². The van der Waals surface area contributed by atoms with Gasteiger partial charge in [-0.3, -0.25) is 14.2 Å². The fourth-order valence-corrected chi connectivity index (χ4v) is 2.66. The summed E-state index contributed by atoms with van der Waals surface area (Å²) in [5.41, 5.74) is 1.00. The number of hydrogen-bond donors (Lipinski definition) is 2. The SMILES string of the molecule is Cc1cc(=O)n(CC(=O)Nc2cccc(Cl)c2)c(Nc2cccc(F)c2)n1. The summed E-state index contributed by atoms with van der Waals surface area (Å²) in [7, 11) is 0. The second kappa shape index (κ2) is 8.01. The standard InChI is InChI=1S/C19H16ClFN4O2/c1-12-8-18(27)25(11-17(26)23-15-6-2-4-13(20)9-15)19(22-12)24-16-7-3-5-14(21)10-16/h2-10H,11H2,1H3,(H,22,24)(H,23,26). The zero-order valence-electron chi connectivity index (χ0n) is 14.4. The molecule has 0 aliphatic carbocycles. The molecule has 27 heavy (non-hydrogen) atoms. The molecule has 3 rings (SSSR count). The minimum absolute atomic E-state index is 0.145. The van der Waals surface area contributed by atoms with Crippen molar-refractivity contribution in [3.05, 3.63) is 81.5 Å². The molecule has 0 bridgehead atoms. The van der Waals surface area contributed by atoms with Crippen molar-refractivity contribution in [3.8, 4) is 0 Å². The Bertz CT molecular complexity index is 1050. The molecular weight excluding hydrogens is 371 g/mol. The van der Waals surface area contributed by atoms with E-state index < -0.39 is 17.3 Å². The van der Waals surface area contributed by atoms with Gasteiger partial charge in [0.1, 0.15) is 12.4 Å². The van der Waals surface area contributed by atoms with Gasteiger partial charge >= 0.3 is 0 Å². The molecule has 1 amide bonds. The molecule has 0 spiro atoms. The molecule has 0 saturated carbocycles. The van der Waals surface area contributed by atoms with Gasteiger partial charge in [0.25, 0.3) is 5.56 Å². The number of anilines is 3. The number of carbonyl (C=O) groups excluding carboxylic acids is 1. The zero-order valence-corrected chi connectivity index (χ0v) is 15.1. The van der Waals surface area contributed by atoms with Gasteiger partial charge in [-0.05, 0) is 43.3 Å². The van der Waals surface area contributed by atoms with Crippen LogP contribution in [-0.2, 0) is 11.3 Å². The molecule has 0 fully saturated rings. The molecule has 1 heterocycles. The Hall–Kier alpha value is -3.19. The molecule has 0 atom stereocenters. The van der Waals surface area contributed by atoms with Gasteiger partial charge in [0.15, 0.2) is 0 Å². The summed E-state index contributed by atoms with van der Waals surface area (Å²) in [6.07, 6.45) is 0. The zero-order chi connectivity index (χ0) is 19.4. The second-order valence-electron chi connectivity index (χ2n) is 5.84. The third-order valence-corrected chi connectivity index (χ3v) is 3.86. The predicted molar refractivity (Wildman–Crippen MR) is 103 cm³/mol. The first-order chi connectivity index (χ1) is 12.9. The number of halogens is 2. The second-order valence-corrected chi connectivity index (χ2v) is 6.28. The number of nitrogens with zero attached hydrogens (tertiary/aromatic N) is 2. The van der Waals surface area contributed by atoms with Gasteiger partial charge in [-0.2, -0.15) is 0 Å². The minimum Gasteiger partial charge on any atom is -0.325 e. The summed E-state index contributed by atoms with van der Waals surface area (Å²) in [6, 6.07) is 13.7. The summed E-state index contributed by atoms with van der Waals surface area (Å²) in [6.45, 7) is 1.39. The summed E-state index contributed by atoms with van der Waals surface area (Å²) >= 11 is 5.90. The first kappa shape index (κ1) is 18.6. The average Bonchev–Trinajstić information content (AvgIpc) is 2.58. The van der Waals surface area contributed by atoms with Crippen molar-refractivity contribution in [2.45, 2.75) is 13.5 Å². The first-order valence-corrected chi connectivity index (χ1v) is 8.45. The van der Waals surface area contributed by atoms with Crippen LogP contribution in [0.3, 0.4) is 0 Å². The largest absolute Gasteiger partial charge is 0.325 e. The molecule has 0 aliphatic rings. The number of benzene rings is 2. The maximum Gasteiger partial charge on any atom is 0.255 e. The monoisotopic (exact) mass is 386 g/mol. The average molecular weight is 387 g/mol. The van der Waals surface area contributed by atoms with Gasteiger partial charge in [0.2, 0.25) is 11.9 Å². The Morgan fingerprint density at radius 3 is 2.63 bits per heavy atom. The normalized spacial score (nSPS) is 10.5. The smallest absolute Gasteiger partial charge is 0.255 e. The van der Waals surface area contributed by atoms with Crippen molar-refractivity contribution in [2.75, 3.05) is 10.6 Å². The number of aryl methyl sites for hydroxylation is 1. The number of carbonyl (C=O) groups is 1. The van der Waals surface area contributed by atoms with Crippen LogP contribution in [-0.4, -0.2) is 15.5 Å². The number of nitrogens with one attached hydrogen (secondary N) is 2. The van der Waals surface area contributed by atoms with Crippen LogP contribution in [0.15, 0.2) is 59.4 Å². The van der Waals surface area contributed by atoms with Crippen LogP contribution in [0.5, 0.6) is 0 Å². The Balaban J connectivity index is 1.85. The maximum absolute atomic E-state index is 13.4. The Morgan fingerprint density at radius 1 is 1.15 bits per heavy atom. The van der Waals surface area contributed by atoms with Crippen LogP contribution < -0.4 is 16.2 Å². The van der Waals surface area contributed by atoms with E-state index in [2.05, 4.69) is 15.6 Å². The molecule has 6 nitrogen and oxygen atoms in total. The Morgan fingerprint density at radius 2 is 1.89 bits per heavy atom. The number of amides is 1. The fraction of sp³-hybridized carbons (Fsp3) is 0.105. The highest BCUT2D eigenvalue weighted by molar-refractivity contribution is 6.30. The molecule has 2 aromatic carbocycles. The van der Waals surface area contributed by atoms with Gasteiger partial charge < -0.3 is 10.6 Å². The lowest BCUT2D eigenvalue weighted by Gasteiger charge is -2.14. The quantitative estimate of drug-likeness (QED) is 0.700. The summed E-state index contributed by atoms with van der Waals surface area (Å²) in [5.74, 6) is -0.709. The van der Waals surface area contributed by atoms with E-state index in [9.17, 15) is 14.0 Å². The molecule has 8 heteroatoms.